The Kier molecular flexibility index (Phi) is 2.05. The minimum atomic E-state index is 0.514. The van der Waals surface area contributed by atoms with E-state index in [-0.39, 0.29) is 0 Å². The lowest BCUT2D eigenvalue weighted by atomic mass is 9.91. The maximum atomic E-state index is 2.26. The van der Waals surface area contributed by atoms with E-state index in [1.54, 1.807) is 0 Å². The van der Waals surface area contributed by atoms with Crippen LogP contribution in [-0.2, 0) is 0 Å². The maximum Gasteiger partial charge on any atom is 0.0272 e. The van der Waals surface area contributed by atoms with E-state index in [9.17, 15) is 0 Å². The van der Waals surface area contributed by atoms with Crippen molar-refractivity contribution in [3.8, 4) is 0 Å². The maximum absolute atomic E-state index is 2.26. The van der Waals surface area contributed by atoms with Gasteiger partial charge in [0.2, 0.25) is 0 Å². The third-order valence-electron chi connectivity index (χ3n) is 2.35. The second kappa shape index (κ2) is 3.21. The summed E-state index contributed by atoms with van der Waals surface area (Å²) in [5, 5.41) is 0. The van der Waals surface area contributed by atoms with Crippen LogP contribution >= 0.6 is 0 Å². The third kappa shape index (κ3) is 1.57. The zero-order valence-corrected chi connectivity index (χ0v) is 8.12. The lowest BCUT2D eigenvalue weighted by molar-refractivity contribution is 0.964. The van der Waals surface area contributed by atoms with Crippen molar-refractivity contribution in [2.75, 3.05) is 0 Å². The fourth-order valence-electron chi connectivity index (χ4n) is 1.79. The van der Waals surface area contributed by atoms with Crippen molar-refractivity contribution in [1.29, 1.82) is 0 Å². The molecule has 0 bridgehead atoms. The van der Waals surface area contributed by atoms with Gasteiger partial charge in [-0.2, -0.15) is 0 Å². The van der Waals surface area contributed by atoms with Crippen molar-refractivity contribution in [2.45, 2.75) is 13.8 Å². The summed E-state index contributed by atoms with van der Waals surface area (Å²) in [7, 11) is 0. The molecular weight excluding hydrogens is 156 g/mol. The molecule has 0 nitrogen and oxygen atoms in total. The summed E-state index contributed by atoms with van der Waals surface area (Å²) in [6, 6.07) is 0. The molecule has 1 atom stereocenters. The van der Waals surface area contributed by atoms with Crippen LogP contribution in [0.3, 0.4) is 0 Å². The second-order valence-corrected chi connectivity index (χ2v) is 3.78. The smallest absolute Gasteiger partial charge is 0.0272 e. The van der Waals surface area contributed by atoms with Crippen molar-refractivity contribution >= 4 is 0 Å². The standard InChI is InChI=1S/C13H14/c1-10(2)9-12-8-7-11-5-3-4-6-13(11)12/h3-9,13H,1-2H3. The van der Waals surface area contributed by atoms with Crippen LogP contribution in [0, 0.1) is 5.92 Å². The first kappa shape index (κ1) is 8.31. The Morgan fingerprint density at radius 1 is 1.23 bits per heavy atom. The molecule has 2 aliphatic carbocycles. The van der Waals surface area contributed by atoms with Gasteiger partial charge < -0.3 is 0 Å². The summed E-state index contributed by atoms with van der Waals surface area (Å²) in [4.78, 5) is 0. The minimum Gasteiger partial charge on any atom is -0.0761 e. The van der Waals surface area contributed by atoms with E-state index in [2.05, 4.69) is 56.4 Å². The second-order valence-electron chi connectivity index (χ2n) is 3.78. The van der Waals surface area contributed by atoms with E-state index in [0.717, 1.165) is 0 Å². The van der Waals surface area contributed by atoms with Crippen molar-refractivity contribution in [1.82, 2.24) is 0 Å². The Hall–Kier alpha value is -1.30. The lowest BCUT2D eigenvalue weighted by Crippen LogP contribution is -1.99. The predicted molar refractivity (Wildman–Crippen MR) is 57.4 cm³/mol. The zero-order chi connectivity index (χ0) is 9.26. The van der Waals surface area contributed by atoms with Gasteiger partial charge in [0.1, 0.15) is 0 Å². The van der Waals surface area contributed by atoms with Crippen LogP contribution < -0.4 is 0 Å². The molecule has 0 heteroatoms. The van der Waals surface area contributed by atoms with E-state index >= 15 is 0 Å². The fourth-order valence-corrected chi connectivity index (χ4v) is 1.79. The van der Waals surface area contributed by atoms with Gasteiger partial charge >= 0.3 is 0 Å². The van der Waals surface area contributed by atoms with Gasteiger partial charge in [-0.1, -0.05) is 48.1 Å². The van der Waals surface area contributed by atoms with Crippen LogP contribution in [0.5, 0.6) is 0 Å². The fraction of sp³-hybridized carbons (Fsp3) is 0.231. The van der Waals surface area contributed by atoms with Gasteiger partial charge in [0.15, 0.2) is 0 Å². The minimum absolute atomic E-state index is 0.514. The Bertz CT molecular complexity index is 355. The van der Waals surface area contributed by atoms with Crippen molar-refractivity contribution < 1.29 is 0 Å². The van der Waals surface area contributed by atoms with E-state index in [1.165, 1.54) is 16.7 Å². The largest absolute Gasteiger partial charge is 0.0761 e. The van der Waals surface area contributed by atoms with Crippen LogP contribution in [0.15, 0.2) is 59.3 Å². The van der Waals surface area contributed by atoms with Gasteiger partial charge in [0.05, 0.1) is 0 Å². The highest BCUT2D eigenvalue weighted by molar-refractivity contribution is 5.51. The number of hydrogen-bond acceptors (Lipinski definition) is 0. The summed E-state index contributed by atoms with van der Waals surface area (Å²) in [6.07, 6.45) is 15.4. The highest BCUT2D eigenvalue weighted by Crippen LogP contribution is 2.32. The molecule has 2 aliphatic rings. The van der Waals surface area contributed by atoms with Crippen molar-refractivity contribution in [3.63, 3.8) is 0 Å². The van der Waals surface area contributed by atoms with Gasteiger partial charge in [-0.3, -0.25) is 0 Å². The lowest BCUT2D eigenvalue weighted by Gasteiger charge is -2.13. The summed E-state index contributed by atoms with van der Waals surface area (Å²) >= 11 is 0. The van der Waals surface area contributed by atoms with E-state index in [1.807, 2.05) is 0 Å². The number of allylic oxidation sites excluding steroid dienone is 10. The first-order valence-electron chi connectivity index (χ1n) is 4.69. The molecule has 1 unspecified atom stereocenters. The van der Waals surface area contributed by atoms with Gasteiger partial charge in [0, 0.05) is 5.92 Å². The van der Waals surface area contributed by atoms with Gasteiger partial charge in [-0.25, -0.2) is 0 Å². The van der Waals surface area contributed by atoms with Gasteiger partial charge in [-0.15, -0.1) is 0 Å². The molecule has 0 amide bonds. The predicted octanol–water partition coefficient (Wildman–Crippen LogP) is 3.56. The SMILES string of the molecule is CC(C)=CC1=CC=C2C=CC=CC21. The Balaban J connectivity index is 2.26. The average Bonchev–Trinajstić information content (AvgIpc) is 2.48. The van der Waals surface area contributed by atoms with E-state index in [0.29, 0.717) is 5.92 Å². The molecule has 0 spiro atoms. The quantitative estimate of drug-likeness (QED) is 0.564. The number of rotatable bonds is 1. The molecule has 0 aromatic heterocycles. The first-order valence-corrected chi connectivity index (χ1v) is 4.69. The normalized spacial score (nSPS) is 23.7. The molecule has 0 N–H and O–H groups in total. The van der Waals surface area contributed by atoms with Crippen molar-refractivity contribution in [3.05, 3.63) is 59.3 Å². The molecule has 13 heavy (non-hydrogen) atoms. The first-order chi connectivity index (χ1) is 6.27. The highest BCUT2D eigenvalue weighted by Gasteiger charge is 2.17. The zero-order valence-electron chi connectivity index (χ0n) is 8.12. The van der Waals surface area contributed by atoms with Gasteiger partial charge in [0.25, 0.3) is 0 Å². The molecule has 0 radical (unpaired) electrons. The number of fused-ring (bicyclic) bond motifs is 1. The molecule has 0 saturated carbocycles. The molecule has 0 fully saturated rings. The highest BCUT2D eigenvalue weighted by atomic mass is 14.2. The Morgan fingerprint density at radius 2 is 2.08 bits per heavy atom. The molecule has 0 saturated heterocycles. The molecule has 0 heterocycles. The van der Waals surface area contributed by atoms with Crippen LogP contribution in [0.2, 0.25) is 0 Å². The van der Waals surface area contributed by atoms with Crippen LogP contribution in [0.25, 0.3) is 0 Å². The average molecular weight is 170 g/mol. The summed E-state index contributed by atoms with van der Waals surface area (Å²) in [6.45, 7) is 4.28. The van der Waals surface area contributed by atoms with Gasteiger partial charge in [-0.05, 0) is 25.0 Å². The van der Waals surface area contributed by atoms with Crippen LogP contribution in [0.4, 0.5) is 0 Å². The number of hydrogen-bond donors (Lipinski definition) is 0. The molecule has 66 valence electrons. The Labute approximate surface area is 79.7 Å². The van der Waals surface area contributed by atoms with Crippen molar-refractivity contribution in [2.24, 2.45) is 5.92 Å². The summed E-state index contributed by atoms with van der Waals surface area (Å²) in [5.74, 6) is 0.514. The topological polar surface area (TPSA) is 0 Å². The van der Waals surface area contributed by atoms with Crippen LogP contribution in [0.1, 0.15) is 13.8 Å². The van der Waals surface area contributed by atoms with E-state index < -0.39 is 0 Å². The molecule has 0 aromatic rings. The molecular formula is C13H14. The summed E-state index contributed by atoms with van der Waals surface area (Å²) in [5.41, 5.74) is 4.19. The molecule has 2 rings (SSSR count). The monoisotopic (exact) mass is 170 g/mol. The van der Waals surface area contributed by atoms with Crippen LogP contribution in [-0.4, -0.2) is 0 Å². The third-order valence-corrected chi connectivity index (χ3v) is 2.35. The Morgan fingerprint density at radius 3 is 2.85 bits per heavy atom. The summed E-state index contributed by atoms with van der Waals surface area (Å²) < 4.78 is 0. The molecule has 0 aromatic carbocycles. The molecule has 0 aliphatic heterocycles. The van der Waals surface area contributed by atoms with E-state index in [4.69, 9.17) is 0 Å².